The van der Waals surface area contributed by atoms with Crippen LogP contribution in [0.25, 0.3) is 0 Å². The van der Waals surface area contributed by atoms with E-state index >= 15 is 4.39 Å². The summed E-state index contributed by atoms with van der Waals surface area (Å²) < 4.78 is 118. The normalized spacial score (nSPS) is 23.7. The molecule has 2 aromatic carbocycles. The fraction of sp³-hybridized carbons (Fsp3) is 0.600. The number of hydrogen-bond acceptors (Lipinski definition) is 2. The quantitative estimate of drug-likeness (QED) is 0.168. The first-order valence-corrected chi connectivity index (χ1v) is 14.0. The number of ether oxygens (including phenoxy) is 2. The van der Waals surface area contributed by atoms with Gasteiger partial charge in [-0.3, -0.25) is 0 Å². The molecule has 0 unspecified atom stereocenters. The van der Waals surface area contributed by atoms with E-state index in [0.717, 1.165) is 31.6 Å². The molecule has 2 aliphatic rings. The zero-order chi connectivity index (χ0) is 29.0. The molecule has 0 saturated heterocycles. The van der Waals surface area contributed by atoms with Gasteiger partial charge in [-0.2, -0.15) is 0 Å². The Morgan fingerprint density at radius 3 is 1.90 bits per heavy atom. The number of rotatable bonds is 9. The van der Waals surface area contributed by atoms with Gasteiger partial charge in [0.15, 0.2) is 34.8 Å². The summed E-state index contributed by atoms with van der Waals surface area (Å²) in [5.74, 6) is -9.96. The van der Waals surface area contributed by atoms with Crippen LogP contribution in [0.3, 0.4) is 0 Å². The maximum absolute atomic E-state index is 15.0. The minimum Gasteiger partial charge on any atom is -0.454 e. The third-order valence-electron chi connectivity index (χ3n) is 8.46. The van der Waals surface area contributed by atoms with Gasteiger partial charge in [0.1, 0.15) is 5.75 Å². The van der Waals surface area contributed by atoms with Gasteiger partial charge in [0.05, 0.1) is 6.07 Å². The van der Waals surface area contributed by atoms with E-state index in [2.05, 4.69) is 11.7 Å². The van der Waals surface area contributed by atoms with Crippen molar-refractivity contribution in [2.75, 3.05) is 0 Å². The first kappa shape index (κ1) is 30.4. The molecule has 1 radical (unpaired) electrons. The van der Waals surface area contributed by atoms with Crippen molar-refractivity contribution in [3.63, 3.8) is 0 Å². The minimum atomic E-state index is -5.36. The van der Waals surface area contributed by atoms with E-state index in [1.165, 1.54) is 38.5 Å². The largest absolute Gasteiger partial charge is 0.573 e. The molecule has 2 aliphatic carbocycles. The SMILES string of the molecule is CCCCC[C@H]1CC[C@H]([C@H]2CC[C@H](c3c(F)c(F)[c]c(F)c3Oc3cc(F)c(OC(F)(F)F)c(F)c3)CC2)CC1. The van der Waals surface area contributed by atoms with Crippen LogP contribution in [0.4, 0.5) is 35.1 Å². The van der Waals surface area contributed by atoms with Crippen molar-refractivity contribution in [2.24, 2.45) is 17.8 Å². The van der Waals surface area contributed by atoms with Crippen LogP contribution in [0.1, 0.15) is 95.5 Å². The summed E-state index contributed by atoms with van der Waals surface area (Å²) in [7, 11) is 0. The Labute approximate surface area is 229 Å². The van der Waals surface area contributed by atoms with Gasteiger partial charge >= 0.3 is 6.36 Å². The average molecular weight is 578 g/mol. The van der Waals surface area contributed by atoms with Gasteiger partial charge in [0.25, 0.3) is 0 Å². The van der Waals surface area contributed by atoms with E-state index in [0.29, 0.717) is 36.8 Å². The van der Waals surface area contributed by atoms with Crippen LogP contribution < -0.4 is 9.47 Å². The highest BCUT2D eigenvalue weighted by Gasteiger charge is 2.36. The van der Waals surface area contributed by atoms with Gasteiger partial charge in [-0.25, -0.2) is 22.0 Å². The molecular formula is C30H33F8O2. The Morgan fingerprint density at radius 1 is 0.775 bits per heavy atom. The molecule has 0 aromatic heterocycles. The number of unbranched alkanes of at least 4 members (excludes halogenated alkanes) is 2. The van der Waals surface area contributed by atoms with Crippen LogP contribution >= 0.6 is 0 Å². The van der Waals surface area contributed by atoms with Crippen molar-refractivity contribution in [3.8, 4) is 17.2 Å². The first-order chi connectivity index (χ1) is 19.0. The Bertz CT molecular complexity index is 1130. The summed E-state index contributed by atoms with van der Waals surface area (Å²) in [6.45, 7) is 2.19. The second-order valence-electron chi connectivity index (χ2n) is 11.1. The van der Waals surface area contributed by atoms with E-state index in [4.69, 9.17) is 4.74 Å². The third-order valence-corrected chi connectivity index (χ3v) is 8.46. The molecule has 4 rings (SSSR count). The molecule has 2 nitrogen and oxygen atoms in total. The highest BCUT2D eigenvalue weighted by molar-refractivity contribution is 5.44. The molecule has 0 N–H and O–H groups in total. The average Bonchev–Trinajstić information content (AvgIpc) is 2.90. The smallest absolute Gasteiger partial charge is 0.454 e. The number of hydrogen-bond donors (Lipinski definition) is 0. The van der Waals surface area contributed by atoms with Crippen molar-refractivity contribution < 1.29 is 44.6 Å². The Kier molecular flexibility index (Phi) is 9.88. The zero-order valence-corrected chi connectivity index (χ0v) is 22.3. The van der Waals surface area contributed by atoms with E-state index < -0.39 is 64.2 Å². The summed E-state index contributed by atoms with van der Waals surface area (Å²) >= 11 is 0. The molecular weight excluding hydrogens is 544 g/mol. The Balaban J connectivity index is 1.46. The molecule has 0 heterocycles. The summed E-state index contributed by atoms with van der Waals surface area (Å²) in [6.07, 6.45) is 6.68. The standard InChI is InChI=1S/C30H33F8O2/c1-2-3-4-5-17-6-8-18(9-7-17)19-10-12-20(13-11-19)26-27(35)22(31)16-25(34)29(26)39-21-14-23(32)28(24(33)15-21)40-30(36,37)38/h14-15,17-20H,2-13H2,1H3/t17-,18-,19-,20-. The number of halogens is 8. The number of alkyl halides is 3. The molecule has 10 heteroatoms. The molecule has 221 valence electrons. The van der Waals surface area contributed by atoms with E-state index in [-0.39, 0.29) is 0 Å². The maximum atomic E-state index is 15.0. The van der Waals surface area contributed by atoms with Crippen LogP contribution in [0.15, 0.2) is 12.1 Å². The molecule has 0 spiro atoms. The van der Waals surface area contributed by atoms with Crippen LogP contribution in [0, 0.1) is 52.9 Å². The predicted molar refractivity (Wildman–Crippen MR) is 133 cm³/mol. The van der Waals surface area contributed by atoms with Gasteiger partial charge in [-0.05, 0) is 62.2 Å². The lowest BCUT2D eigenvalue weighted by atomic mass is 9.68. The van der Waals surface area contributed by atoms with Crippen molar-refractivity contribution >= 4 is 0 Å². The van der Waals surface area contributed by atoms with Crippen molar-refractivity contribution in [3.05, 3.63) is 52.8 Å². The second-order valence-corrected chi connectivity index (χ2v) is 11.1. The summed E-state index contributed by atoms with van der Waals surface area (Å²) in [5, 5.41) is 0. The molecule has 40 heavy (non-hydrogen) atoms. The van der Waals surface area contributed by atoms with Gasteiger partial charge < -0.3 is 9.47 Å². The highest BCUT2D eigenvalue weighted by atomic mass is 19.4. The molecule has 0 atom stereocenters. The second kappa shape index (κ2) is 13.0. The van der Waals surface area contributed by atoms with Crippen molar-refractivity contribution in [2.45, 2.75) is 96.3 Å². The topological polar surface area (TPSA) is 18.5 Å². The predicted octanol–water partition coefficient (Wildman–Crippen LogP) is 10.5. The van der Waals surface area contributed by atoms with Crippen molar-refractivity contribution in [1.82, 2.24) is 0 Å². The fourth-order valence-electron chi connectivity index (χ4n) is 6.45. The van der Waals surface area contributed by atoms with E-state index in [1.54, 1.807) is 6.07 Å². The summed E-state index contributed by atoms with van der Waals surface area (Å²) in [6, 6.07) is 2.27. The Hall–Kier alpha value is -2.52. The highest BCUT2D eigenvalue weighted by Crippen LogP contribution is 2.48. The monoisotopic (exact) mass is 577 g/mol. The van der Waals surface area contributed by atoms with Crippen LogP contribution in [0.5, 0.6) is 17.2 Å². The van der Waals surface area contributed by atoms with Crippen LogP contribution in [0.2, 0.25) is 0 Å². The first-order valence-electron chi connectivity index (χ1n) is 14.0. The molecule has 2 saturated carbocycles. The van der Waals surface area contributed by atoms with Crippen molar-refractivity contribution in [1.29, 1.82) is 0 Å². The van der Waals surface area contributed by atoms with Gasteiger partial charge in [0, 0.05) is 17.7 Å². The minimum absolute atomic E-state index is 0.351. The lowest BCUT2D eigenvalue weighted by molar-refractivity contribution is -0.276. The molecule has 0 aliphatic heterocycles. The van der Waals surface area contributed by atoms with Crippen LogP contribution in [-0.2, 0) is 0 Å². The number of benzene rings is 2. The Morgan fingerprint density at radius 2 is 1.35 bits per heavy atom. The third kappa shape index (κ3) is 7.40. The molecule has 0 amide bonds. The molecule has 2 fully saturated rings. The zero-order valence-electron chi connectivity index (χ0n) is 22.3. The van der Waals surface area contributed by atoms with Gasteiger partial charge in [-0.15, -0.1) is 13.2 Å². The van der Waals surface area contributed by atoms with Crippen LogP contribution in [-0.4, -0.2) is 6.36 Å². The van der Waals surface area contributed by atoms with E-state index in [1.807, 2.05) is 0 Å². The molecule has 2 aromatic rings. The fourth-order valence-corrected chi connectivity index (χ4v) is 6.45. The lowest BCUT2D eigenvalue weighted by Gasteiger charge is -2.38. The van der Waals surface area contributed by atoms with Gasteiger partial charge in [-0.1, -0.05) is 45.4 Å². The van der Waals surface area contributed by atoms with E-state index in [9.17, 15) is 30.7 Å². The molecule has 0 bridgehead atoms. The summed E-state index contributed by atoms with van der Waals surface area (Å²) in [4.78, 5) is 0. The van der Waals surface area contributed by atoms with Gasteiger partial charge in [0.2, 0.25) is 5.75 Å². The lowest BCUT2D eigenvalue weighted by Crippen LogP contribution is -2.26. The maximum Gasteiger partial charge on any atom is 0.573 e. The summed E-state index contributed by atoms with van der Waals surface area (Å²) in [5.41, 5.74) is -0.400.